The zero-order valence-corrected chi connectivity index (χ0v) is 19.4. The van der Waals surface area contributed by atoms with Crippen molar-refractivity contribution in [3.8, 4) is 11.5 Å². The van der Waals surface area contributed by atoms with Gasteiger partial charge in [-0.15, -0.1) is 0 Å². The Labute approximate surface area is 205 Å². The van der Waals surface area contributed by atoms with Crippen LogP contribution in [-0.2, 0) is 16.2 Å². The van der Waals surface area contributed by atoms with Gasteiger partial charge in [-0.2, -0.15) is 0 Å². The first-order valence-corrected chi connectivity index (χ1v) is 10.8. The number of halogens is 2. The Morgan fingerprint density at radius 3 is 2.35 bits per heavy atom. The third-order valence-electron chi connectivity index (χ3n) is 5.04. The smallest absolute Gasteiger partial charge is 0.335 e. The summed E-state index contributed by atoms with van der Waals surface area (Å²) >= 11 is 12.5. The Bertz CT molecular complexity index is 1300. The number of ether oxygens (including phenoxy) is 2. The Hall–Kier alpha value is -3.81. The molecular formula is C25H18Cl2N2O5. The van der Waals surface area contributed by atoms with Gasteiger partial charge in [-0.3, -0.25) is 14.9 Å². The van der Waals surface area contributed by atoms with E-state index < -0.39 is 17.8 Å². The molecule has 1 aliphatic rings. The number of nitrogens with one attached hydrogen (secondary N) is 1. The molecule has 0 aliphatic carbocycles. The highest BCUT2D eigenvalue weighted by Crippen LogP contribution is 2.29. The standard InChI is InChI=1S/C25H18Cl2N2O5/c1-33-18-9-7-17(8-10-18)29-24(31)19(23(30)28-25(29)32)12-15-6-11-22(21(27)13-15)34-14-16-4-2-3-5-20(16)26/h2-13H,14H2,1H3,(H,28,30,32)/b19-12+. The van der Waals surface area contributed by atoms with Gasteiger partial charge in [-0.25, -0.2) is 9.69 Å². The maximum absolute atomic E-state index is 13.0. The number of hydrogen-bond donors (Lipinski definition) is 1. The fourth-order valence-electron chi connectivity index (χ4n) is 3.28. The molecule has 1 aliphatic heterocycles. The molecule has 4 rings (SSSR count). The van der Waals surface area contributed by atoms with Gasteiger partial charge in [0.05, 0.1) is 17.8 Å². The lowest BCUT2D eigenvalue weighted by atomic mass is 10.1. The summed E-state index contributed by atoms with van der Waals surface area (Å²) < 4.78 is 10.8. The molecule has 0 radical (unpaired) electrons. The third-order valence-corrected chi connectivity index (χ3v) is 5.70. The van der Waals surface area contributed by atoms with Crippen LogP contribution in [0.5, 0.6) is 11.5 Å². The second kappa shape index (κ2) is 9.99. The van der Waals surface area contributed by atoms with Crippen molar-refractivity contribution >= 4 is 52.8 Å². The zero-order valence-electron chi connectivity index (χ0n) is 17.9. The second-order valence-electron chi connectivity index (χ2n) is 7.23. The Morgan fingerprint density at radius 2 is 1.68 bits per heavy atom. The average Bonchev–Trinajstić information content (AvgIpc) is 2.82. The highest BCUT2D eigenvalue weighted by molar-refractivity contribution is 6.39. The quantitative estimate of drug-likeness (QED) is 0.372. The number of benzene rings is 3. The first kappa shape index (κ1) is 23.4. The molecule has 0 unspecified atom stereocenters. The minimum absolute atomic E-state index is 0.212. The van der Waals surface area contributed by atoms with Crippen molar-refractivity contribution in [2.45, 2.75) is 6.61 Å². The van der Waals surface area contributed by atoms with E-state index in [0.29, 0.717) is 27.8 Å². The molecule has 4 amide bonds. The van der Waals surface area contributed by atoms with Crippen molar-refractivity contribution in [1.29, 1.82) is 0 Å². The maximum atomic E-state index is 13.0. The summed E-state index contributed by atoms with van der Waals surface area (Å²) in [5.74, 6) is -0.575. The van der Waals surface area contributed by atoms with Crippen molar-refractivity contribution in [2.75, 3.05) is 12.0 Å². The van der Waals surface area contributed by atoms with Crippen molar-refractivity contribution in [3.05, 3.63) is 93.5 Å². The minimum Gasteiger partial charge on any atom is -0.497 e. The van der Waals surface area contributed by atoms with Gasteiger partial charge in [0, 0.05) is 10.6 Å². The molecule has 3 aromatic carbocycles. The highest BCUT2D eigenvalue weighted by atomic mass is 35.5. The fourth-order valence-corrected chi connectivity index (χ4v) is 3.72. The van der Waals surface area contributed by atoms with Gasteiger partial charge < -0.3 is 9.47 Å². The average molecular weight is 497 g/mol. The summed E-state index contributed by atoms with van der Waals surface area (Å²) in [4.78, 5) is 38.7. The van der Waals surface area contributed by atoms with Gasteiger partial charge in [-0.05, 0) is 54.1 Å². The van der Waals surface area contributed by atoms with Crippen LogP contribution >= 0.6 is 23.2 Å². The van der Waals surface area contributed by atoms with Crippen LogP contribution in [0.15, 0.2) is 72.3 Å². The van der Waals surface area contributed by atoms with E-state index in [-0.39, 0.29) is 17.2 Å². The van der Waals surface area contributed by atoms with E-state index in [1.165, 1.54) is 13.2 Å². The van der Waals surface area contributed by atoms with Crippen LogP contribution in [0.1, 0.15) is 11.1 Å². The van der Waals surface area contributed by atoms with E-state index >= 15 is 0 Å². The van der Waals surface area contributed by atoms with Crippen molar-refractivity contribution in [1.82, 2.24) is 5.32 Å². The molecule has 0 spiro atoms. The topological polar surface area (TPSA) is 84.9 Å². The number of amides is 4. The maximum Gasteiger partial charge on any atom is 0.335 e. The molecule has 9 heteroatoms. The van der Waals surface area contributed by atoms with E-state index in [4.69, 9.17) is 32.7 Å². The van der Waals surface area contributed by atoms with Crippen LogP contribution in [0.25, 0.3) is 6.08 Å². The van der Waals surface area contributed by atoms with Gasteiger partial charge >= 0.3 is 6.03 Å². The lowest BCUT2D eigenvalue weighted by molar-refractivity contribution is -0.122. The molecule has 7 nitrogen and oxygen atoms in total. The number of imide groups is 2. The second-order valence-corrected chi connectivity index (χ2v) is 8.04. The van der Waals surface area contributed by atoms with Crippen LogP contribution < -0.4 is 19.7 Å². The molecule has 0 aromatic heterocycles. The van der Waals surface area contributed by atoms with Crippen LogP contribution in [0.2, 0.25) is 10.0 Å². The zero-order chi connectivity index (χ0) is 24.2. The first-order valence-electron chi connectivity index (χ1n) is 10.1. The van der Waals surface area contributed by atoms with Crippen LogP contribution in [0, 0.1) is 0 Å². The van der Waals surface area contributed by atoms with E-state index in [2.05, 4.69) is 5.32 Å². The van der Waals surface area contributed by atoms with Gasteiger partial charge in [0.15, 0.2) is 0 Å². The predicted octanol–water partition coefficient (Wildman–Crippen LogP) is 5.25. The molecule has 0 bridgehead atoms. The number of carbonyl (C=O) groups is 3. The highest BCUT2D eigenvalue weighted by Gasteiger charge is 2.36. The van der Waals surface area contributed by atoms with E-state index in [0.717, 1.165) is 10.5 Å². The molecule has 0 atom stereocenters. The summed E-state index contributed by atoms with van der Waals surface area (Å²) in [6, 6.07) is 17.6. The largest absolute Gasteiger partial charge is 0.497 e. The van der Waals surface area contributed by atoms with Crippen LogP contribution in [-0.4, -0.2) is 25.0 Å². The van der Waals surface area contributed by atoms with Crippen LogP contribution in [0.4, 0.5) is 10.5 Å². The minimum atomic E-state index is -0.835. The molecule has 3 aromatic rings. The van der Waals surface area contributed by atoms with Gasteiger partial charge in [0.25, 0.3) is 11.8 Å². The number of hydrogen-bond acceptors (Lipinski definition) is 5. The van der Waals surface area contributed by atoms with E-state index in [1.807, 2.05) is 18.2 Å². The molecule has 1 saturated heterocycles. The number of urea groups is 1. The number of methoxy groups -OCH3 is 1. The molecule has 1 heterocycles. The third kappa shape index (κ3) is 4.90. The first-order chi connectivity index (χ1) is 16.4. The normalized spacial score (nSPS) is 14.9. The molecule has 1 N–H and O–H groups in total. The Morgan fingerprint density at radius 1 is 0.941 bits per heavy atom. The molecule has 34 heavy (non-hydrogen) atoms. The van der Waals surface area contributed by atoms with Crippen molar-refractivity contribution in [2.24, 2.45) is 0 Å². The summed E-state index contributed by atoms with van der Waals surface area (Å²) in [7, 11) is 1.51. The number of nitrogens with zero attached hydrogens (tertiary/aromatic N) is 1. The van der Waals surface area contributed by atoms with Gasteiger partial charge in [0.2, 0.25) is 0 Å². The number of rotatable bonds is 6. The molecular weight excluding hydrogens is 479 g/mol. The Balaban J connectivity index is 1.56. The monoisotopic (exact) mass is 496 g/mol. The van der Waals surface area contributed by atoms with E-state index in [1.54, 1.807) is 48.5 Å². The lowest BCUT2D eigenvalue weighted by Crippen LogP contribution is -2.54. The SMILES string of the molecule is COc1ccc(N2C(=O)NC(=O)/C(=C\c3ccc(OCc4ccccc4Cl)c(Cl)c3)C2=O)cc1. The van der Waals surface area contributed by atoms with Crippen molar-refractivity contribution in [3.63, 3.8) is 0 Å². The number of anilines is 1. The lowest BCUT2D eigenvalue weighted by Gasteiger charge is -2.26. The van der Waals surface area contributed by atoms with Gasteiger partial charge in [-0.1, -0.05) is 47.5 Å². The summed E-state index contributed by atoms with van der Waals surface area (Å²) in [6.07, 6.45) is 1.37. The Kier molecular flexibility index (Phi) is 6.86. The number of barbiturate groups is 1. The number of carbonyl (C=O) groups excluding carboxylic acids is 3. The molecule has 1 fully saturated rings. The van der Waals surface area contributed by atoms with E-state index in [9.17, 15) is 14.4 Å². The molecule has 172 valence electrons. The van der Waals surface area contributed by atoms with Crippen LogP contribution in [0.3, 0.4) is 0 Å². The predicted molar refractivity (Wildman–Crippen MR) is 129 cm³/mol. The molecule has 0 saturated carbocycles. The summed E-state index contributed by atoms with van der Waals surface area (Å²) in [5, 5.41) is 3.05. The van der Waals surface area contributed by atoms with Crippen molar-refractivity contribution < 1.29 is 23.9 Å². The van der Waals surface area contributed by atoms with Gasteiger partial charge in [0.1, 0.15) is 23.7 Å². The summed E-state index contributed by atoms with van der Waals surface area (Å²) in [5.41, 5.74) is 1.37. The fraction of sp³-hybridized carbons (Fsp3) is 0.0800. The summed E-state index contributed by atoms with van der Waals surface area (Å²) in [6.45, 7) is 0.222.